The number of ether oxygens (including phenoxy) is 1. The molecule has 0 rings (SSSR count). The van der Waals surface area contributed by atoms with Crippen LogP contribution in [0.1, 0.15) is 26.2 Å². The van der Waals surface area contributed by atoms with Crippen LogP contribution in [0.15, 0.2) is 0 Å². The minimum atomic E-state index is 0. The van der Waals surface area contributed by atoms with Crippen LogP contribution in [0.25, 0.3) is 0 Å². The zero-order valence-corrected chi connectivity index (χ0v) is 11.2. The predicted molar refractivity (Wildman–Crippen MR) is 64.3 cm³/mol. The molecule has 2 nitrogen and oxygen atoms in total. The van der Waals surface area contributed by atoms with Crippen LogP contribution in [-0.2, 0) is 4.74 Å². The number of unbranched alkanes of at least 4 members (excludes halogenated alkanes) is 2. The van der Waals surface area contributed by atoms with Crippen molar-refractivity contribution in [3.8, 4) is 0 Å². The van der Waals surface area contributed by atoms with E-state index in [1.165, 1.54) is 19.3 Å². The molecule has 0 aromatic rings. The highest BCUT2D eigenvalue weighted by atomic mass is 31.0. The highest BCUT2D eigenvalue weighted by molar-refractivity contribution is 6.92. The van der Waals surface area contributed by atoms with E-state index >= 15 is 0 Å². The molecule has 0 aromatic heterocycles. The van der Waals surface area contributed by atoms with Crippen LogP contribution in [0.3, 0.4) is 0 Å². The third kappa shape index (κ3) is 15.1. The summed E-state index contributed by atoms with van der Waals surface area (Å²) >= 11 is 0. The van der Waals surface area contributed by atoms with Crippen molar-refractivity contribution in [3.63, 3.8) is 0 Å². The van der Waals surface area contributed by atoms with Crippen molar-refractivity contribution in [1.82, 2.24) is 0 Å². The lowest BCUT2D eigenvalue weighted by molar-refractivity contribution is -0.870. The maximum Gasteiger partial charge on any atom is 0.102 e. The summed E-state index contributed by atoms with van der Waals surface area (Å²) in [6, 6.07) is 0. The smallest absolute Gasteiger partial charge is 0.102 e. The minimum absolute atomic E-state index is 0. The maximum absolute atomic E-state index is 5.50. The Labute approximate surface area is 86.9 Å². The fourth-order valence-corrected chi connectivity index (χ4v) is 0.895. The second-order valence-corrected chi connectivity index (χ2v) is 4.33. The molecule has 0 aliphatic heterocycles. The second kappa shape index (κ2) is 8.93. The molecule has 0 radical (unpaired) electrons. The van der Waals surface area contributed by atoms with Crippen molar-refractivity contribution < 1.29 is 9.22 Å². The van der Waals surface area contributed by atoms with E-state index in [4.69, 9.17) is 4.74 Å². The Bertz CT molecular complexity index is 102. The first-order valence-electron chi connectivity index (χ1n) is 4.94. The lowest BCUT2D eigenvalue weighted by Gasteiger charge is -2.23. The normalized spacial score (nSPS) is 11.1. The largest absolute Gasteiger partial charge is 0.376 e. The fraction of sp³-hybridized carbons (Fsp3) is 1.00. The summed E-state index contributed by atoms with van der Waals surface area (Å²) in [4.78, 5) is 0. The Kier molecular flexibility index (Phi) is 10.9. The first-order chi connectivity index (χ1) is 5.56. The number of hydrogen-bond acceptors (Lipinski definition) is 1. The third-order valence-electron chi connectivity index (χ3n) is 1.80. The van der Waals surface area contributed by atoms with Gasteiger partial charge in [0.25, 0.3) is 0 Å². The van der Waals surface area contributed by atoms with E-state index in [1.54, 1.807) is 0 Å². The van der Waals surface area contributed by atoms with Crippen molar-refractivity contribution in [1.29, 1.82) is 0 Å². The van der Waals surface area contributed by atoms with Crippen molar-refractivity contribution in [2.75, 3.05) is 40.9 Å². The molecule has 0 aliphatic rings. The average molecular weight is 208 g/mol. The van der Waals surface area contributed by atoms with Crippen molar-refractivity contribution in [3.05, 3.63) is 0 Å². The molecule has 0 saturated carbocycles. The molecule has 13 heavy (non-hydrogen) atoms. The Balaban J connectivity index is 0. The van der Waals surface area contributed by atoms with Gasteiger partial charge in [-0.3, -0.25) is 0 Å². The van der Waals surface area contributed by atoms with E-state index in [9.17, 15) is 0 Å². The van der Waals surface area contributed by atoms with Crippen LogP contribution < -0.4 is 0 Å². The highest BCUT2D eigenvalue weighted by Gasteiger charge is 2.04. The summed E-state index contributed by atoms with van der Waals surface area (Å²) in [5.74, 6) is 0. The first-order valence-corrected chi connectivity index (χ1v) is 4.94. The number of likely N-dealkylation sites (N-methyl/N-ethyl adjacent to an activating group) is 1. The zero-order chi connectivity index (χ0) is 9.45. The Hall–Kier alpha value is 0.350. The molecule has 82 valence electrons. The molecule has 1 unspecified atom stereocenters. The van der Waals surface area contributed by atoms with Crippen molar-refractivity contribution in [2.45, 2.75) is 26.2 Å². The van der Waals surface area contributed by atoms with Gasteiger partial charge in [0.1, 0.15) is 6.54 Å². The summed E-state index contributed by atoms with van der Waals surface area (Å²) in [6.07, 6.45) is 3.79. The monoisotopic (exact) mass is 208 g/mol. The molecule has 0 N–H and O–H groups in total. The topological polar surface area (TPSA) is 9.23 Å². The number of rotatable bonds is 7. The molecule has 0 saturated heterocycles. The molecular formula is C10H27NOP+. The number of nitrogens with zero attached hydrogens (tertiary/aromatic N) is 1. The van der Waals surface area contributed by atoms with Gasteiger partial charge in [-0.05, 0) is 6.42 Å². The molecule has 0 amide bonds. The lowest BCUT2D eigenvalue weighted by atomic mass is 10.3. The quantitative estimate of drug-likeness (QED) is 0.353. The van der Waals surface area contributed by atoms with Gasteiger partial charge in [-0.1, -0.05) is 19.8 Å². The van der Waals surface area contributed by atoms with Crippen LogP contribution in [0.4, 0.5) is 0 Å². The summed E-state index contributed by atoms with van der Waals surface area (Å²) in [7, 11) is 6.57. The standard InChI is InChI=1S/C10H24NO.H3P/c1-5-6-7-9-12-10-8-11(2,3)4;/h5-10H2,1-4H3;1H3/q+1;. The third-order valence-corrected chi connectivity index (χ3v) is 1.80. The van der Waals surface area contributed by atoms with Gasteiger partial charge < -0.3 is 9.22 Å². The Morgan fingerprint density at radius 3 is 2.08 bits per heavy atom. The van der Waals surface area contributed by atoms with E-state index in [1.807, 2.05) is 0 Å². The molecule has 0 fully saturated rings. The van der Waals surface area contributed by atoms with E-state index in [2.05, 4.69) is 28.1 Å². The molecule has 0 aromatic carbocycles. The first kappa shape index (κ1) is 15.8. The van der Waals surface area contributed by atoms with Crippen LogP contribution in [0, 0.1) is 0 Å². The van der Waals surface area contributed by atoms with E-state index in [-0.39, 0.29) is 9.90 Å². The molecule has 1 atom stereocenters. The zero-order valence-electron chi connectivity index (χ0n) is 9.81. The van der Waals surface area contributed by atoms with Gasteiger partial charge in [-0.15, -0.1) is 0 Å². The minimum Gasteiger partial charge on any atom is -0.376 e. The van der Waals surface area contributed by atoms with Crippen LogP contribution in [-0.4, -0.2) is 45.4 Å². The van der Waals surface area contributed by atoms with Gasteiger partial charge in [0.15, 0.2) is 0 Å². The highest BCUT2D eigenvalue weighted by Crippen LogP contribution is 1.95. The van der Waals surface area contributed by atoms with Gasteiger partial charge in [-0.2, -0.15) is 9.90 Å². The second-order valence-electron chi connectivity index (χ2n) is 4.33. The van der Waals surface area contributed by atoms with Crippen LogP contribution in [0.5, 0.6) is 0 Å². The van der Waals surface area contributed by atoms with E-state index in [0.29, 0.717) is 0 Å². The van der Waals surface area contributed by atoms with E-state index < -0.39 is 0 Å². The van der Waals surface area contributed by atoms with Crippen LogP contribution >= 0.6 is 9.90 Å². The molecule has 0 bridgehead atoms. The molecule has 0 heterocycles. The van der Waals surface area contributed by atoms with Gasteiger partial charge in [0, 0.05) is 6.61 Å². The number of quaternary nitrogens is 1. The predicted octanol–water partition coefficient (Wildman–Crippen LogP) is 1.96. The summed E-state index contributed by atoms with van der Waals surface area (Å²) in [5.41, 5.74) is 0. The number of hydrogen-bond donors (Lipinski definition) is 0. The Morgan fingerprint density at radius 2 is 1.62 bits per heavy atom. The summed E-state index contributed by atoms with van der Waals surface area (Å²) in [5, 5.41) is 0. The molecule has 0 aliphatic carbocycles. The van der Waals surface area contributed by atoms with Crippen molar-refractivity contribution >= 4 is 9.90 Å². The SMILES string of the molecule is CCCCCOCC[N+](C)(C)C.P. The van der Waals surface area contributed by atoms with Gasteiger partial charge in [-0.25, -0.2) is 0 Å². The average Bonchev–Trinajstić information content (AvgIpc) is 1.94. The molecule has 3 heteroatoms. The Morgan fingerprint density at radius 1 is 1.00 bits per heavy atom. The van der Waals surface area contributed by atoms with Gasteiger partial charge in [0.05, 0.1) is 27.7 Å². The van der Waals surface area contributed by atoms with Gasteiger partial charge in [0.2, 0.25) is 0 Å². The summed E-state index contributed by atoms with van der Waals surface area (Å²) in [6.45, 7) is 5.15. The van der Waals surface area contributed by atoms with Crippen molar-refractivity contribution in [2.24, 2.45) is 0 Å². The lowest BCUT2D eigenvalue weighted by Crippen LogP contribution is -2.37. The van der Waals surface area contributed by atoms with Gasteiger partial charge >= 0.3 is 0 Å². The summed E-state index contributed by atoms with van der Waals surface area (Å²) < 4.78 is 6.49. The molecular weight excluding hydrogens is 181 g/mol. The fourth-order valence-electron chi connectivity index (χ4n) is 0.895. The molecule has 0 spiro atoms. The van der Waals surface area contributed by atoms with Crippen LogP contribution in [0.2, 0.25) is 0 Å². The maximum atomic E-state index is 5.50. The van der Waals surface area contributed by atoms with E-state index in [0.717, 1.165) is 24.2 Å².